The molecule has 1 rings (SSSR count). The lowest BCUT2D eigenvalue weighted by Crippen LogP contribution is -2.16. The molecule has 0 fully saturated rings. The summed E-state index contributed by atoms with van der Waals surface area (Å²) in [5.41, 5.74) is 0.553. The van der Waals surface area contributed by atoms with E-state index in [9.17, 15) is 9.90 Å². The highest BCUT2D eigenvalue weighted by atomic mass is 16.4. The molecule has 0 spiro atoms. The predicted octanol–water partition coefficient (Wildman–Crippen LogP) is 1.12. The number of carboxylic acid groups (broad SMARTS) is 1. The molecule has 0 unspecified atom stereocenters. The summed E-state index contributed by atoms with van der Waals surface area (Å²) in [6.07, 6.45) is 1.49. The molecule has 0 aliphatic rings. The summed E-state index contributed by atoms with van der Waals surface area (Å²) in [6, 6.07) is 4.11. The number of likely N-dealkylation sites (N-methyl/N-ethyl adjacent to an activating group) is 1. The summed E-state index contributed by atoms with van der Waals surface area (Å²) in [5, 5.41) is 21.4. The largest absolute Gasteiger partial charge is 0.507 e. The highest BCUT2D eigenvalue weighted by Gasteiger charge is 2.05. The zero-order valence-corrected chi connectivity index (χ0v) is 9.68. The van der Waals surface area contributed by atoms with Crippen LogP contribution in [-0.4, -0.2) is 42.0 Å². The standard InChI is InChI=1S/C12H16N2O3/c1-2-13-5-6-14-8-10-7-9(12(16)17)3-4-11(10)15/h3-4,7-8,13,15H,2,5-6H2,1H3,(H,16,17). The molecule has 0 saturated carbocycles. The van der Waals surface area contributed by atoms with Crippen LogP contribution in [0, 0.1) is 0 Å². The van der Waals surface area contributed by atoms with Crippen molar-refractivity contribution in [2.75, 3.05) is 19.6 Å². The zero-order valence-electron chi connectivity index (χ0n) is 9.68. The number of hydrogen-bond donors (Lipinski definition) is 3. The van der Waals surface area contributed by atoms with E-state index in [-0.39, 0.29) is 11.3 Å². The number of rotatable bonds is 6. The van der Waals surface area contributed by atoms with Gasteiger partial charge in [0.2, 0.25) is 0 Å². The highest BCUT2D eigenvalue weighted by Crippen LogP contribution is 2.16. The SMILES string of the molecule is CCNCCN=Cc1cc(C(=O)O)ccc1O. The smallest absolute Gasteiger partial charge is 0.335 e. The number of hydrogen-bond acceptors (Lipinski definition) is 4. The van der Waals surface area contributed by atoms with Gasteiger partial charge in [-0.05, 0) is 24.7 Å². The Hall–Kier alpha value is -1.88. The van der Waals surface area contributed by atoms with Crippen LogP contribution in [0.25, 0.3) is 0 Å². The molecule has 3 N–H and O–H groups in total. The van der Waals surface area contributed by atoms with Crippen molar-refractivity contribution in [2.45, 2.75) is 6.92 Å². The number of nitrogens with zero attached hydrogens (tertiary/aromatic N) is 1. The first-order valence-corrected chi connectivity index (χ1v) is 5.42. The van der Waals surface area contributed by atoms with Crippen LogP contribution in [0.2, 0.25) is 0 Å². The van der Waals surface area contributed by atoms with Gasteiger partial charge >= 0.3 is 5.97 Å². The Balaban J connectivity index is 2.69. The third-order valence-electron chi connectivity index (χ3n) is 2.17. The van der Waals surface area contributed by atoms with Gasteiger partial charge in [-0.25, -0.2) is 4.79 Å². The molecule has 0 aliphatic carbocycles. The highest BCUT2D eigenvalue weighted by molar-refractivity contribution is 5.92. The molecule has 0 radical (unpaired) electrons. The predicted molar refractivity (Wildman–Crippen MR) is 66.1 cm³/mol. The Morgan fingerprint density at radius 3 is 2.94 bits per heavy atom. The topological polar surface area (TPSA) is 81.9 Å². The summed E-state index contributed by atoms with van der Waals surface area (Å²) >= 11 is 0. The lowest BCUT2D eigenvalue weighted by atomic mass is 10.1. The number of aromatic carboxylic acids is 1. The average Bonchev–Trinajstić information content (AvgIpc) is 2.30. The molecule has 1 aromatic carbocycles. The fourth-order valence-corrected chi connectivity index (χ4v) is 1.27. The summed E-state index contributed by atoms with van der Waals surface area (Å²) < 4.78 is 0. The monoisotopic (exact) mass is 236 g/mol. The van der Waals surface area contributed by atoms with Gasteiger partial charge in [0.25, 0.3) is 0 Å². The van der Waals surface area contributed by atoms with Gasteiger partial charge in [-0.3, -0.25) is 4.99 Å². The maximum atomic E-state index is 10.7. The Morgan fingerprint density at radius 1 is 1.53 bits per heavy atom. The zero-order chi connectivity index (χ0) is 12.7. The van der Waals surface area contributed by atoms with Crippen molar-refractivity contribution in [3.63, 3.8) is 0 Å². The molecule has 0 amide bonds. The van der Waals surface area contributed by atoms with Crippen LogP contribution < -0.4 is 5.32 Å². The van der Waals surface area contributed by atoms with E-state index in [0.717, 1.165) is 13.1 Å². The van der Waals surface area contributed by atoms with Gasteiger partial charge in [-0.2, -0.15) is 0 Å². The van der Waals surface area contributed by atoms with Gasteiger partial charge < -0.3 is 15.5 Å². The van der Waals surface area contributed by atoms with E-state index in [2.05, 4.69) is 10.3 Å². The molecule has 0 aromatic heterocycles. The maximum absolute atomic E-state index is 10.7. The molecule has 0 atom stereocenters. The second-order valence-corrected chi connectivity index (χ2v) is 3.47. The number of phenols is 1. The van der Waals surface area contributed by atoms with Crippen molar-refractivity contribution in [3.8, 4) is 5.75 Å². The fourth-order valence-electron chi connectivity index (χ4n) is 1.27. The molecule has 0 aliphatic heterocycles. The third kappa shape index (κ3) is 4.24. The van der Waals surface area contributed by atoms with Gasteiger partial charge in [0.15, 0.2) is 0 Å². The van der Waals surface area contributed by atoms with Gasteiger partial charge in [-0.1, -0.05) is 6.92 Å². The van der Waals surface area contributed by atoms with Crippen molar-refractivity contribution in [2.24, 2.45) is 4.99 Å². The number of aromatic hydroxyl groups is 1. The number of aliphatic imine (C=N–C) groups is 1. The van der Waals surface area contributed by atoms with Gasteiger partial charge in [0.05, 0.1) is 12.1 Å². The number of carboxylic acids is 1. The first-order valence-electron chi connectivity index (χ1n) is 5.42. The van der Waals surface area contributed by atoms with Crippen LogP contribution in [0.3, 0.4) is 0 Å². The number of benzene rings is 1. The second kappa shape index (κ2) is 6.65. The molecular formula is C12H16N2O3. The van der Waals surface area contributed by atoms with Gasteiger partial charge in [0, 0.05) is 18.3 Å². The van der Waals surface area contributed by atoms with Crippen LogP contribution in [0.1, 0.15) is 22.8 Å². The quantitative estimate of drug-likeness (QED) is 0.510. The lowest BCUT2D eigenvalue weighted by Gasteiger charge is -2.01. The minimum absolute atomic E-state index is 0.0298. The normalized spacial score (nSPS) is 10.9. The van der Waals surface area contributed by atoms with Crippen molar-refractivity contribution in [1.29, 1.82) is 0 Å². The minimum Gasteiger partial charge on any atom is -0.507 e. The molecule has 92 valence electrons. The molecule has 5 heteroatoms. The van der Waals surface area contributed by atoms with Crippen LogP contribution in [0.15, 0.2) is 23.2 Å². The third-order valence-corrected chi connectivity index (χ3v) is 2.17. The Labute approximate surface area is 99.8 Å². The summed E-state index contributed by atoms with van der Waals surface area (Å²) in [4.78, 5) is 14.8. The summed E-state index contributed by atoms with van der Waals surface area (Å²) in [7, 11) is 0. The summed E-state index contributed by atoms with van der Waals surface area (Å²) in [6.45, 7) is 4.23. The van der Waals surface area contributed by atoms with Crippen LogP contribution in [-0.2, 0) is 0 Å². The molecule has 5 nitrogen and oxygen atoms in total. The maximum Gasteiger partial charge on any atom is 0.335 e. The van der Waals surface area contributed by atoms with E-state index in [0.29, 0.717) is 12.1 Å². The van der Waals surface area contributed by atoms with Crippen LogP contribution >= 0.6 is 0 Å². The Bertz CT molecular complexity index is 416. The molecule has 1 aromatic rings. The first-order chi connectivity index (χ1) is 8.15. The number of carbonyl (C=O) groups is 1. The van der Waals surface area contributed by atoms with Crippen molar-refractivity contribution in [3.05, 3.63) is 29.3 Å². The van der Waals surface area contributed by atoms with Crippen molar-refractivity contribution in [1.82, 2.24) is 5.32 Å². The molecule has 0 bridgehead atoms. The Kier molecular flexibility index (Phi) is 5.16. The minimum atomic E-state index is -1.02. The molecule has 0 saturated heterocycles. The fraction of sp³-hybridized carbons (Fsp3) is 0.333. The Morgan fingerprint density at radius 2 is 2.29 bits per heavy atom. The molecule has 17 heavy (non-hydrogen) atoms. The number of nitrogens with one attached hydrogen (secondary N) is 1. The van der Waals surface area contributed by atoms with E-state index in [1.807, 2.05) is 6.92 Å². The van der Waals surface area contributed by atoms with E-state index in [1.54, 1.807) is 0 Å². The van der Waals surface area contributed by atoms with E-state index >= 15 is 0 Å². The second-order valence-electron chi connectivity index (χ2n) is 3.47. The van der Waals surface area contributed by atoms with Gasteiger partial charge in [-0.15, -0.1) is 0 Å². The molecular weight excluding hydrogens is 220 g/mol. The van der Waals surface area contributed by atoms with Gasteiger partial charge in [0.1, 0.15) is 5.75 Å². The van der Waals surface area contributed by atoms with E-state index in [1.165, 1.54) is 24.4 Å². The summed E-state index contributed by atoms with van der Waals surface area (Å²) in [5.74, 6) is -0.991. The van der Waals surface area contributed by atoms with E-state index in [4.69, 9.17) is 5.11 Å². The van der Waals surface area contributed by atoms with Crippen LogP contribution in [0.4, 0.5) is 0 Å². The lowest BCUT2D eigenvalue weighted by molar-refractivity contribution is 0.0697. The van der Waals surface area contributed by atoms with Crippen LogP contribution in [0.5, 0.6) is 5.75 Å². The van der Waals surface area contributed by atoms with Crippen molar-refractivity contribution >= 4 is 12.2 Å². The van der Waals surface area contributed by atoms with E-state index < -0.39 is 5.97 Å². The number of phenolic OH excluding ortho intramolecular Hbond substituents is 1. The van der Waals surface area contributed by atoms with Crippen molar-refractivity contribution < 1.29 is 15.0 Å². The average molecular weight is 236 g/mol. The first kappa shape index (κ1) is 13.2. The molecule has 0 heterocycles.